The molecule has 0 fully saturated rings. The molecule has 2 nitrogen and oxygen atoms in total. The van der Waals surface area contributed by atoms with E-state index in [9.17, 15) is 4.39 Å². The molecule has 0 spiro atoms. The van der Waals surface area contributed by atoms with Crippen LogP contribution in [0, 0.1) is 5.82 Å². The first-order chi connectivity index (χ1) is 10.8. The number of aryl methyl sites for hydroxylation is 1. The monoisotopic (exact) mass is 294 g/mol. The van der Waals surface area contributed by atoms with E-state index in [1.165, 1.54) is 28.5 Å². The maximum Gasteiger partial charge on any atom is 0.123 e. The molecule has 2 aromatic carbocycles. The van der Waals surface area contributed by atoms with E-state index in [1.807, 2.05) is 6.07 Å². The second-order valence-electron chi connectivity index (χ2n) is 5.94. The van der Waals surface area contributed by atoms with Gasteiger partial charge in [-0.25, -0.2) is 4.39 Å². The van der Waals surface area contributed by atoms with Gasteiger partial charge < -0.3 is 10.3 Å². The molecule has 0 radical (unpaired) electrons. The Morgan fingerprint density at radius 1 is 1.14 bits per heavy atom. The van der Waals surface area contributed by atoms with Crippen LogP contribution in [0.15, 0.2) is 42.5 Å². The SMILES string of the molecule is CCc1ccc(C2NCCc3c2[nH]c2ccc(F)cc32)cc1. The zero-order valence-electron chi connectivity index (χ0n) is 12.6. The summed E-state index contributed by atoms with van der Waals surface area (Å²) >= 11 is 0. The molecule has 0 aliphatic carbocycles. The van der Waals surface area contributed by atoms with Crippen molar-refractivity contribution in [1.29, 1.82) is 0 Å². The Labute approximate surface area is 129 Å². The maximum atomic E-state index is 13.6. The predicted octanol–water partition coefficient (Wildman–Crippen LogP) is 4.10. The maximum absolute atomic E-state index is 13.6. The first-order valence-electron chi connectivity index (χ1n) is 7.88. The summed E-state index contributed by atoms with van der Waals surface area (Å²) in [5.74, 6) is -0.170. The highest BCUT2D eigenvalue weighted by Crippen LogP contribution is 2.33. The quantitative estimate of drug-likeness (QED) is 0.731. The Morgan fingerprint density at radius 2 is 1.95 bits per heavy atom. The van der Waals surface area contributed by atoms with E-state index in [1.54, 1.807) is 6.07 Å². The predicted molar refractivity (Wildman–Crippen MR) is 87.6 cm³/mol. The molecule has 3 aromatic rings. The van der Waals surface area contributed by atoms with Gasteiger partial charge in [-0.2, -0.15) is 0 Å². The van der Waals surface area contributed by atoms with Gasteiger partial charge in [-0.05, 0) is 47.7 Å². The minimum atomic E-state index is -0.170. The summed E-state index contributed by atoms with van der Waals surface area (Å²) in [5, 5.41) is 4.60. The molecule has 1 unspecified atom stereocenters. The third kappa shape index (κ3) is 2.13. The van der Waals surface area contributed by atoms with Gasteiger partial charge in [0.2, 0.25) is 0 Å². The lowest BCUT2D eigenvalue weighted by atomic mass is 9.93. The van der Waals surface area contributed by atoms with Crippen LogP contribution in [0.25, 0.3) is 10.9 Å². The summed E-state index contributed by atoms with van der Waals surface area (Å²) in [4.78, 5) is 3.49. The van der Waals surface area contributed by atoms with Crippen molar-refractivity contribution in [3.8, 4) is 0 Å². The van der Waals surface area contributed by atoms with Crippen LogP contribution in [0.1, 0.15) is 35.3 Å². The minimum Gasteiger partial charge on any atom is -0.357 e. The van der Waals surface area contributed by atoms with Crippen molar-refractivity contribution in [1.82, 2.24) is 10.3 Å². The van der Waals surface area contributed by atoms with Crippen molar-refractivity contribution in [2.45, 2.75) is 25.8 Å². The Bertz CT molecular complexity index is 817. The number of halogens is 1. The van der Waals surface area contributed by atoms with Gasteiger partial charge in [0.25, 0.3) is 0 Å². The third-order valence-corrected chi connectivity index (χ3v) is 4.63. The van der Waals surface area contributed by atoms with Crippen LogP contribution in [-0.4, -0.2) is 11.5 Å². The number of benzene rings is 2. The largest absolute Gasteiger partial charge is 0.357 e. The van der Waals surface area contributed by atoms with Crippen LogP contribution in [0.5, 0.6) is 0 Å². The van der Waals surface area contributed by atoms with Crippen LogP contribution < -0.4 is 5.32 Å². The van der Waals surface area contributed by atoms with Crippen molar-refractivity contribution in [3.05, 3.63) is 70.7 Å². The van der Waals surface area contributed by atoms with Crippen LogP contribution in [0.4, 0.5) is 4.39 Å². The van der Waals surface area contributed by atoms with Crippen molar-refractivity contribution < 1.29 is 4.39 Å². The fraction of sp³-hybridized carbons (Fsp3) is 0.263. The topological polar surface area (TPSA) is 27.8 Å². The molecule has 1 atom stereocenters. The van der Waals surface area contributed by atoms with E-state index in [0.717, 1.165) is 30.3 Å². The van der Waals surface area contributed by atoms with E-state index in [0.29, 0.717) is 0 Å². The average Bonchev–Trinajstić information content (AvgIpc) is 2.93. The number of hydrogen-bond donors (Lipinski definition) is 2. The Kier molecular flexibility index (Phi) is 3.23. The van der Waals surface area contributed by atoms with Crippen LogP contribution >= 0.6 is 0 Å². The smallest absolute Gasteiger partial charge is 0.123 e. The molecule has 4 rings (SSSR count). The summed E-state index contributed by atoms with van der Waals surface area (Å²) in [6, 6.07) is 13.9. The standard InChI is InChI=1S/C19H19FN2/c1-2-12-3-5-13(6-4-12)18-19-15(9-10-21-18)16-11-14(20)7-8-17(16)22-19/h3-8,11,18,21-22H,2,9-10H2,1H3. The van der Waals surface area contributed by atoms with Gasteiger partial charge in [-0.1, -0.05) is 31.2 Å². The second kappa shape index (κ2) is 5.25. The van der Waals surface area contributed by atoms with Crippen LogP contribution in [-0.2, 0) is 12.8 Å². The molecule has 1 aliphatic rings. The number of hydrogen-bond acceptors (Lipinski definition) is 1. The molecule has 1 aliphatic heterocycles. The number of fused-ring (bicyclic) bond motifs is 3. The van der Waals surface area contributed by atoms with Gasteiger partial charge in [-0.3, -0.25) is 0 Å². The number of nitrogens with one attached hydrogen (secondary N) is 2. The van der Waals surface area contributed by atoms with E-state index >= 15 is 0 Å². The first-order valence-corrected chi connectivity index (χ1v) is 7.88. The van der Waals surface area contributed by atoms with E-state index < -0.39 is 0 Å². The molecular formula is C19H19FN2. The third-order valence-electron chi connectivity index (χ3n) is 4.63. The highest BCUT2D eigenvalue weighted by Gasteiger charge is 2.25. The fourth-order valence-corrected chi connectivity index (χ4v) is 3.43. The van der Waals surface area contributed by atoms with E-state index in [-0.39, 0.29) is 11.9 Å². The van der Waals surface area contributed by atoms with Gasteiger partial charge in [0.1, 0.15) is 5.82 Å². The van der Waals surface area contributed by atoms with Crippen LogP contribution in [0.2, 0.25) is 0 Å². The molecule has 0 saturated carbocycles. The molecule has 0 bridgehead atoms. The molecule has 22 heavy (non-hydrogen) atoms. The molecular weight excluding hydrogens is 275 g/mol. The lowest BCUT2D eigenvalue weighted by Gasteiger charge is -2.25. The number of rotatable bonds is 2. The molecule has 3 heteroatoms. The normalized spacial score (nSPS) is 17.6. The van der Waals surface area contributed by atoms with Gasteiger partial charge in [0.05, 0.1) is 6.04 Å². The summed E-state index contributed by atoms with van der Waals surface area (Å²) in [6.07, 6.45) is 1.98. The fourth-order valence-electron chi connectivity index (χ4n) is 3.43. The highest BCUT2D eigenvalue weighted by molar-refractivity contribution is 5.85. The van der Waals surface area contributed by atoms with Crippen molar-refractivity contribution in [2.75, 3.05) is 6.54 Å². The lowest BCUT2D eigenvalue weighted by Crippen LogP contribution is -2.30. The minimum absolute atomic E-state index is 0.158. The Balaban J connectivity index is 1.82. The number of H-pyrrole nitrogens is 1. The van der Waals surface area contributed by atoms with E-state index in [4.69, 9.17) is 0 Å². The Morgan fingerprint density at radius 3 is 2.73 bits per heavy atom. The Hall–Kier alpha value is -2.13. The molecule has 0 amide bonds. The zero-order valence-corrected chi connectivity index (χ0v) is 12.6. The highest BCUT2D eigenvalue weighted by atomic mass is 19.1. The summed E-state index contributed by atoms with van der Waals surface area (Å²) in [7, 11) is 0. The molecule has 112 valence electrons. The van der Waals surface area contributed by atoms with Gasteiger partial charge in [0.15, 0.2) is 0 Å². The summed E-state index contributed by atoms with van der Waals surface area (Å²) in [6.45, 7) is 3.08. The second-order valence-corrected chi connectivity index (χ2v) is 5.94. The summed E-state index contributed by atoms with van der Waals surface area (Å²) < 4.78 is 13.6. The zero-order chi connectivity index (χ0) is 15.1. The van der Waals surface area contributed by atoms with E-state index in [2.05, 4.69) is 41.5 Å². The first kappa shape index (κ1) is 13.5. The lowest BCUT2D eigenvalue weighted by molar-refractivity contribution is 0.560. The molecule has 1 aromatic heterocycles. The van der Waals surface area contributed by atoms with Gasteiger partial charge in [0, 0.05) is 23.1 Å². The van der Waals surface area contributed by atoms with Gasteiger partial charge in [-0.15, -0.1) is 0 Å². The molecule has 2 heterocycles. The molecule has 0 saturated heterocycles. The number of aromatic nitrogens is 1. The van der Waals surface area contributed by atoms with Crippen molar-refractivity contribution >= 4 is 10.9 Å². The number of aromatic amines is 1. The molecule has 2 N–H and O–H groups in total. The average molecular weight is 294 g/mol. The van der Waals surface area contributed by atoms with Gasteiger partial charge >= 0.3 is 0 Å². The van der Waals surface area contributed by atoms with Crippen molar-refractivity contribution in [2.24, 2.45) is 0 Å². The van der Waals surface area contributed by atoms with Crippen LogP contribution in [0.3, 0.4) is 0 Å². The summed E-state index contributed by atoms with van der Waals surface area (Å²) in [5.41, 5.74) is 6.04. The van der Waals surface area contributed by atoms with Crippen molar-refractivity contribution in [3.63, 3.8) is 0 Å².